The van der Waals surface area contributed by atoms with Crippen molar-refractivity contribution in [3.05, 3.63) is 58.6 Å². The average molecular weight is 417 g/mol. The minimum Gasteiger partial charge on any atom is -0.493 e. The number of nitrogens with zero attached hydrogens (tertiary/aromatic N) is 2. The zero-order valence-corrected chi connectivity index (χ0v) is 17.4. The first kappa shape index (κ1) is 21.0. The van der Waals surface area contributed by atoms with Crippen LogP contribution in [-0.4, -0.2) is 62.0 Å². The van der Waals surface area contributed by atoms with Crippen LogP contribution >= 0.6 is 11.6 Å². The van der Waals surface area contributed by atoms with E-state index in [1.54, 1.807) is 49.5 Å². The molecule has 6 nitrogen and oxygen atoms in total. The predicted molar refractivity (Wildman–Crippen MR) is 112 cm³/mol. The van der Waals surface area contributed by atoms with Gasteiger partial charge >= 0.3 is 0 Å². The van der Waals surface area contributed by atoms with Gasteiger partial charge in [-0.05, 0) is 36.2 Å². The van der Waals surface area contributed by atoms with Gasteiger partial charge in [-0.15, -0.1) is 0 Å². The van der Waals surface area contributed by atoms with Crippen LogP contribution in [0.4, 0.5) is 0 Å². The fraction of sp³-hybridized carbons (Fsp3) is 0.364. The molecule has 0 aromatic heterocycles. The van der Waals surface area contributed by atoms with Crippen molar-refractivity contribution in [3.63, 3.8) is 0 Å². The van der Waals surface area contributed by atoms with Gasteiger partial charge in [0.25, 0.3) is 5.91 Å². The van der Waals surface area contributed by atoms with Gasteiger partial charge in [0, 0.05) is 26.2 Å². The van der Waals surface area contributed by atoms with Gasteiger partial charge in [0.1, 0.15) is 0 Å². The van der Waals surface area contributed by atoms with E-state index in [0.717, 1.165) is 12.0 Å². The summed E-state index contributed by atoms with van der Waals surface area (Å²) in [6.07, 6.45) is 1.01. The van der Waals surface area contributed by atoms with E-state index in [2.05, 4.69) is 0 Å². The van der Waals surface area contributed by atoms with E-state index in [4.69, 9.17) is 21.1 Å². The Morgan fingerprint density at radius 3 is 2.34 bits per heavy atom. The van der Waals surface area contributed by atoms with Crippen LogP contribution in [0.3, 0.4) is 0 Å². The lowest BCUT2D eigenvalue weighted by atomic mass is 10.1. The number of amides is 2. The van der Waals surface area contributed by atoms with Crippen LogP contribution in [0.15, 0.2) is 42.5 Å². The van der Waals surface area contributed by atoms with E-state index in [1.165, 1.54) is 0 Å². The molecule has 2 aromatic carbocycles. The molecule has 29 heavy (non-hydrogen) atoms. The number of carbonyl (C=O) groups excluding carboxylic acids is 2. The number of halogens is 1. The third-order valence-corrected chi connectivity index (χ3v) is 5.37. The predicted octanol–water partition coefficient (Wildman–Crippen LogP) is 3.27. The molecule has 1 heterocycles. The highest BCUT2D eigenvalue weighted by Gasteiger charge is 2.24. The molecule has 2 amide bonds. The molecule has 154 valence electrons. The highest BCUT2D eigenvalue weighted by Crippen LogP contribution is 2.28. The van der Waals surface area contributed by atoms with E-state index in [1.807, 2.05) is 17.0 Å². The van der Waals surface area contributed by atoms with Crippen LogP contribution in [0.2, 0.25) is 5.02 Å². The molecule has 1 aliphatic heterocycles. The third kappa shape index (κ3) is 5.01. The molecule has 0 spiro atoms. The number of benzene rings is 2. The van der Waals surface area contributed by atoms with Gasteiger partial charge in [0.05, 0.1) is 31.2 Å². The minimum atomic E-state index is -0.0928. The number of hydrogen-bond donors (Lipinski definition) is 0. The lowest BCUT2D eigenvalue weighted by Gasteiger charge is -2.23. The van der Waals surface area contributed by atoms with Crippen molar-refractivity contribution in [2.45, 2.75) is 12.8 Å². The second-order valence-electron chi connectivity index (χ2n) is 6.87. The normalized spacial score (nSPS) is 14.3. The number of rotatable bonds is 5. The number of ether oxygens (including phenoxy) is 2. The van der Waals surface area contributed by atoms with Crippen LogP contribution in [0, 0.1) is 0 Å². The Hall–Kier alpha value is -2.73. The first-order valence-electron chi connectivity index (χ1n) is 9.56. The molecule has 1 saturated heterocycles. The van der Waals surface area contributed by atoms with E-state index in [0.29, 0.717) is 48.3 Å². The second kappa shape index (κ2) is 9.65. The smallest absolute Gasteiger partial charge is 0.255 e. The Kier molecular flexibility index (Phi) is 6.99. The summed E-state index contributed by atoms with van der Waals surface area (Å²) in [5.41, 5.74) is 1.36. The van der Waals surface area contributed by atoms with Crippen LogP contribution in [0.5, 0.6) is 11.5 Å². The summed E-state index contributed by atoms with van der Waals surface area (Å²) in [6, 6.07) is 12.5. The summed E-state index contributed by atoms with van der Waals surface area (Å²) in [5, 5.41) is 0.447. The topological polar surface area (TPSA) is 59.1 Å². The van der Waals surface area contributed by atoms with Crippen molar-refractivity contribution in [1.82, 2.24) is 9.80 Å². The van der Waals surface area contributed by atoms with Crippen molar-refractivity contribution in [1.29, 1.82) is 0 Å². The molecule has 7 heteroatoms. The molecule has 0 saturated carbocycles. The minimum absolute atomic E-state index is 0.0317. The Labute approximate surface area is 176 Å². The van der Waals surface area contributed by atoms with Crippen molar-refractivity contribution in [3.8, 4) is 11.5 Å². The first-order valence-corrected chi connectivity index (χ1v) is 9.93. The summed E-state index contributed by atoms with van der Waals surface area (Å²) in [5.74, 6) is 1.17. The molecule has 0 bridgehead atoms. The highest BCUT2D eigenvalue weighted by molar-refractivity contribution is 6.33. The number of hydrogen-bond acceptors (Lipinski definition) is 4. The van der Waals surface area contributed by atoms with Gasteiger partial charge in [-0.3, -0.25) is 9.59 Å². The molecular formula is C22H25ClN2O4. The molecule has 1 fully saturated rings. The van der Waals surface area contributed by atoms with Gasteiger partial charge in [0.15, 0.2) is 11.5 Å². The fourth-order valence-corrected chi connectivity index (χ4v) is 3.67. The van der Waals surface area contributed by atoms with Crippen molar-refractivity contribution in [2.24, 2.45) is 0 Å². The van der Waals surface area contributed by atoms with Gasteiger partial charge < -0.3 is 19.3 Å². The van der Waals surface area contributed by atoms with Gasteiger partial charge in [-0.2, -0.15) is 0 Å². The molecule has 0 atom stereocenters. The first-order chi connectivity index (χ1) is 14.0. The number of methoxy groups -OCH3 is 2. The third-order valence-electron chi connectivity index (χ3n) is 5.04. The van der Waals surface area contributed by atoms with Crippen LogP contribution in [0.1, 0.15) is 22.3 Å². The Morgan fingerprint density at radius 2 is 1.62 bits per heavy atom. The van der Waals surface area contributed by atoms with Crippen molar-refractivity contribution >= 4 is 23.4 Å². The second-order valence-corrected chi connectivity index (χ2v) is 7.28. The van der Waals surface area contributed by atoms with Crippen LogP contribution in [-0.2, 0) is 11.2 Å². The summed E-state index contributed by atoms with van der Waals surface area (Å²) >= 11 is 6.16. The van der Waals surface area contributed by atoms with E-state index in [-0.39, 0.29) is 18.2 Å². The monoisotopic (exact) mass is 416 g/mol. The van der Waals surface area contributed by atoms with E-state index >= 15 is 0 Å². The van der Waals surface area contributed by atoms with Crippen molar-refractivity contribution < 1.29 is 19.1 Å². The lowest BCUT2D eigenvalue weighted by Crippen LogP contribution is -2.38. The van der Waals surface area contributed by atoms with Gasteiger partial charge in [-0.1, -0.05) is 29.8 Å². The lowest BCUT2D eigenvalue weighted by molar-refractivity contribution is -0.130. The Balaban J connectivity index is 1.62. The Bertz CT molecular complexity index is 887. The highest BCUT2D eigenvalue weighted by atomic mass is 35.5. The summed E-state index contributed by atoms with van der Waals surface area (Å²) in [4.78, 5) is 29.2. The van der Waals surface area contributed by atoms with E-state index < -0.39 is 0 Å². The molecule has 1 aliphatic rings. The van der Waals surface area contributed by atoms with Crippen molar-refractivity contribution in [2.75, 3.05) is 40.4 Å². The largest absolute Gasteiger partial charge is 0.493 e. The maximum atomic E-state index is 12.8. The van der Waals surface area contributed by atoms with Crippen LogP contribution in [0.25, 0.3) is 0 Å². The zero-order valence-electron chi connectivity index (χ0n) is 16.7. The molecule has 0 N–H and O–H groups in total. The summed E-state index contributed by atoms with van der Waals surface area (Å²) in [7, 11) is 3.15. The molecule has 3 rings (SSSR count). The SMILES string of the molecule is COc1ccc(CC(=O)N2CCCN(C(=O)c3ccccc3Cl)CC2)cc1OC. The van der Waals surface area contributed by atoms with E-state index in [9.17, 15) is 9.59 Å². The molecule has 0 aliphatic carbocycles. The standard InChI is InChI=1S/C22H25ClN2O4/c1-28-19-9-8-16(14-20(19)29-2)15-21(26)24-10-5-11-25(13-12-24)22(27)17-6-3-4-7-18(17)23/h3-4,6-9,14H,5,10-13,15H2,1-2H3. The maximum Gasteiger partial charge on any atom is 0.255 e. The fourth-order valence-electron chi connectivity index (χ4n) is 3.45. The maximum absolute atomic E-state index is 12.8. The average Bonchev–Trinajstić information content (AvgIpc) is 3.00. The molecule has 0 radical (unpaired) electrons. The quantitative estimate of drug-likeness (QED) is 0.750. The number of carbonyl (C=O) groups is 2. The van der Waals surface area contributed by atoms with Gasteiger partial charge in [-0.25, -0.2) is 0 Å². The summed E-state index contributed by atoms with van der Waals surface area (Å²) in [6.45, 7) is 2.21. The van der Waals surface area contributed by atoms with Gasteiger partial charge in [0.2, 0.25) is 5.91 Å². The molecule has 0 unspecified atom stereocenters. The Morgan fingerprint density at radius 1 is 0.931 bits per heavy atom. The molecular weight excluding hydrogens is 392 g/mol. The van der Waals surface area contributed by atoms with Crippen LogP contribution < -0.4 is 9.47 Å². The summed E-state index contributed by atoms with van der Waals surface area (Å²) < 4.78 is 10.6. The zero-order chi connectivity index (χ0) is 20.8. The molecule has 2 aromatic rings.